The van der Waals surface area contributed by atoms with Crippen LogP contribution in [0.2, 0.25) is 0 Å². The van der Waals surface area contributed by atoms with Gasteiger partial charge < -0.3 is 85.0 Å². The minimum atomic E-state index is -1.89. The van der Waals surface area contributed by atoms with Crippen LogP contribution in [0.25, 0.3) is 22.3 Å². The maximum absolute atomic E-state index is 12.1. The first-order valence-corrected chi connectivity index (χ1v) is 16.9. The lowest BCUT2D eigenvalue weighted by Gasteiger charge is -2.39. The lowest BCUT2D eigenvalue weighted by Crippen LogP contribution is -2.60. The van der Waals surface area contributed by atoms with Crippen LogP contribution in [0.15, 0.2) is 59.0 Å². The Balaban J connectivity index is 1.50. The van der Waals surface area contributed by atoms with Crippen molar-refractivity contribution in [1.29, 1.82) is 0 Å². The molecule has 0 aliphatic carbocycles. The zero-order valence-electron chi connectivity index (χ0n) is 29.3. The van der Waals surface area contributed by atoms with E-state index in [1.165, 1.54) is 38.5 Å². The van der Waals surface area contributed by atoms with Crippen LogP contribution in [0, 0.1) is 0 Å². The van der Waals surface area contributed by atoms with E-state index in [-0.39, 0.29) is 62.0 Å². The van der Waals surface area contributed by atoms with Crippen LogP contribution in [0.1, 0.15) is 28.7 Å². The number of rotatable bonds is 8. The Hall–Kier alpha value is -6.15. The number of aliphatic hydroxyl groups is 5. The quantitative estimate of drug-likeness (QED) is 0.0793. The molecule has 2 aliphatic heterocycles. The molecule has 0 saturated carbocycles. The lowest BCUT2D eigenvalue weighted by molar-refractivity contribution is -0.277. The Morgan fingerprint density at radius 2 is 1.34 bits per heavy atom. The summed E-state index contributed by atoms with van der Waals surface area (Å²) in [4.78, 5) is 0. The molecule has 2 aliphatic rings. The highest BCUT2D eigenvalue weighted by atomic mass is 16.7. The molecule has 4 aromatic carbocycles. The summed E-state index contributed by atoms with van der Waals surface area (Å²) in [6.45, 7) is -0.778. The van der Waals surface area contributed by atoms with Gasteiger partial charge in [-0.25, -0.2) is 4.42 Å². The molecule has 1 saturated heterocycles. The number of methoxy groups -OCH3 is 2. The molecule has 0 spiro atoms. The van der Waals surface area contributed by atoms with Gasteiger partial charge >= 0.3 is 11.3 Å². The van der Waals surface area contributed by atoms with Gasteiger partial charge in [0.1, 0.15) is 70.2 Å². The Morgan fingerprint density at radius 3 is 1.98 bits per heavy atom. The third kappa shape index (κ3) is 6.33. The van der Waals surface area contributed by atoms with E-state index in [0.29, 0.717) is 0 Å². The monoisotopic (exact) mass is 781 g/mol. The lowest BCUT2D eigenvalue weighted by atomic mass is 9.78. The van der Waals surface area contributed by atoms with Crippen LogP contribution in [0.4, 0.5) is 0 Å². The van der Waals surface area contributed by atoms with E-state index >= 15 is 0 Å². The number of phenolic OH excluding ortho intramolecular Hbond substituents is 7. The van der Waals surface area contributed by atoms with Crippen LogP contribution >= 0.6 is 0 Å². The van der Waals surface area contributed by atoms with Crippen molar-refractivity contribution in [3.05, 3.63) is 71.3 Å². The minimum absolute atomic E-state index is 0.0462. The average Bonchev–Trinajstić information content (AvgIpc) is 3.16. The van der Waals surface area contributed by atoms with Gasteiger partial charge in [0.2, 0.25) is 17.8 Å². The Bertz CT molecular complexity index is 2280. The molecule has 8 atom stereocenters. The topological polar surface area (TPSA) is 300 Å². The fraction of sp³-hybridized carbons (Fsp3) is 0.289. The van der Waals surface area contributed by atoms with E-state index in [0.717, 1.165) is 30.3 Å². The molecule has 296 valence electrons. The average molecular weight is 782 g/mol. The number of fused-ring (bicyclic) bond motifs is 2. The molecule has 5 aromatic rings. The van der Waals surface area contributed by atoms with Crippen LogP contribution < -0.4 is 18.9 Å². The number of aromatic hydroxyl groups is 7. The van der Waals surface area contributed by atoms with Crippen LogP contribution in [-0.2, 0) is 4.74 Å². The predicted octanol–water partition coefficient (Wildman–Crippen LogP) is 2.14. The highest BCUT2D eigenvalue weighted by molar-refractivity contribution is 5.92. The molecule has 0 radical (unpaired) electrons. The standard InChI is InChI=1S/C38H36O18/c1-51-23-6-14(7-24(52-2)30(23)46)35-25(54-38-34(50)33(49)31(47)26(12-39)55-38)10-16-18(42)11-21(45)28(37(16)56-35)29-27-20(44)8-15(40)9-22(27)53-36(32(29)48)13-3-4-17(41)19(43)5-13/h3-11,26,29,31-34,36,38-39,47-50H,12H2,1-2H3,(H6-,40,41,42,43,44,45,46)/p+1/t26-,29?,31-,32-,33+,34-,36-,38-/m1/s1. The zero-order valence-corrected chi connectivity index (χ0v) is 29.3. The third-order valence-electron chi connectivity index (χ3n) is 9.81. The molecule has 3 heterocycles. The maximum Gasteiger partial charge on any atom is 0.402 e. The van der Waals surface area contributed by atoms with Crippen molar-refractivity contribution in [2.45, 2.75) is 48.8 Å². The van der Waals surface area contributed by atoms with E-state index in [2.05, 4.69) is 0 Å². The van der Waals surface area contributed by atoms with Crippen molar-refractivity contribution in [2.24, 2.45) is 0 Å². The largest absolute Gasteiger partial charge is 0.508 e. The summed E-state index contributed by atoms with van der Waals surface area (Å²) in [6.07, 6.45) is -11.7. The Morgan fingerprint density at radius 1 is 0.661 bits per heavy atom. The van der Waals surface area contributed by atoms with E-state index in [1.54, 1.807) is 0 Å². The number of ether oxygens (including phenoxy) is 5. The molecule has 18 nitrogen and oxygen atoms in total. The number of aliphatic hydroxyl groups excluding tert-OH is 5. The van der Waals surface area contributed by atoms with Gasteiger partial charge in [-0.1, -0.05) is 6.07 Å². The highest BCUT2D eigenvalue weighted by Crippen LogP contribution is 2.55. The first-order valence-electron chi connectivity index (χ1n) is 16.9. The first-order chi connectivity index (χ1) is 26.7. The smallest absolute Gasteiger partial charge is 0.402 e. The molecule has 18 heteroatoms. The minimum Gasteiger partial charge on any atom is -0.508 e. The van der Waals surface area contributed by atoms with Crippen LogP contribution in [0.3, 0.4) is 0 Å². The van der Waals surface area contributed by atoms with Gasteiger partial charge in [-0.2, -0.15) is 0 Å². The Labute approximate surface area is 315 Å². The molecule has 12 N–H and O–H groups in total. The van der Waals surface area contributed by atoms with Gasteiger partial charge in [0.25, 0.3) is 0 Å². The van der Waals surface area contributed by atoms with E-state index in [9.17, 15) is 61.3 Å². The SMILES string of the molecule is COc1cc(-c2[o+]c3c(C4c5c(O)cc(O)cc5O[C@H](c5ccc(O)c(O)c5)[C@@H]4O)c(O)cc(O)c3cc2O[C@@H]2O[C@H](CO)[C@@H](O)[C@H](O)[C@H]2O)cc(OC)c1O. The van der Waals surface area contributed by atoms with Gasteiger partial charge in [-0.15, -0.1) is 0 Å². The van der Waals surface area contributed by atoms with Crippen molar-refractivity contribution in [2.75, 3.05) is 20.8 Å². The second kappa shape index (κ2) is 14.5. The predicted molar refractivity (Wildman–Crippen MR) is 189 cm³/mol. The summed E-state index contributed by atoms with van der Waals surface area (Å²) in [5, 5.41) is 129. The normalized spacial score (nSPS) is 24.6. The number of hydrogen-bond donors (Lipinski definition) is 12. The summed E-state index contributed by atoms with van der Waals surface area (Å²) in [5.74, 6) is -6.20. The molecule has 1 aromatic heterocycles. The van der Waals surface area contributed by atoms with Crippen molar-refractivity contribution >= 4 is 11.0 Å². The van der Waals surface area contributed by atoms with Crippen molar-refractivity contribution in [1.82, 2.24) is 0 Å². The summed E-state index contributed by atoms with van der Waals surface area (Å²) >= 11 is 0. The third-order valence-corrected chi connectivity index (χ3v) is 9.81. The van der Waals surface area contributed by atoms with E-state index in [4.69, 9.17) is 28.1 Å². The van der Waals surface area contributed by atoms with E-state index in [1.807, 2.05) is 0 Å². The molecule has 1 unspecified atom stereocenters. The van der Waals surface area contributed by atoms with Crippen molar-refractivity contribution in [3.8, 4) is 74.6 Å². The molecule has 0 bridgehead atoms. The molecular formula is C38H37O18+. The molecule has 56 heavy (non-hydrogen) atoms. The molecular weight excluding hydrogens is 744 g/mol. The van der Waals surface area contributed by atoms with Gasteiger partial charge in [-0.3, -0.25) is 0 Å². The van der Waals surface area contributed by atoms with Crippen LogP contribution in [0.5, 0.6) is 63.2 Å². The zero-order chi connectivity index (χ0) is 40.3. The molecule has 1 fully saturated rings. The van der Waals surface area contributed by atoms with E-state index < -0.39 is 95.7 Å². The second-order valence-corrected chi connectivity index (χ2v) is 13.2. The first kappa shape index (κ1) is 38.1. The van der Waals surface area contributed by atoms with Gasteiger partial charge in [-0.05, 0) is 17.7 Å². The fourth-order valence-corrected chi connectivity index (χ4v) is 7.02. The molecule has 0 amide bonds. The summed E-state index contributed by atoms with van der Waals surface area (Å²) in [7, 11) is 2.52. The Kier molecular flexibility index (Phi) is 9.87. The summed E-state index contributed by atoms with van der Waals surface area (Å²) in [6, 6.07) is 10.4. The van der Waals surface area contributed by atoms with Gasteiger partial charge in [0, 0.05) is 42.0 Å². The van der Waals surface area contributed by atoms with Gasteiger partial charge in [0.15, 0.2) is 29.1 Å². The number of benzene rings is 4. The van der Waals surface area contributed by atoms with Crippen molar-refractivity contribution < 1.29 is 89.4 Å². The van der Waals surface area contributed by atoms with Crippen molar-refractivity contribution in [3.63, 3.8) is 0 Å². The van der Waals surface area contributed by atoms with Crippen LogP contribution in [-0.4, -0.2) is 119 Å². The second-order valence-electron chi connectivity index (χ2n) is 13.2. The summed E-state index contributed by atoms with van der Waals surface area (Å²) in [5.41, 5.74) is -0.540. The number of phenols is 7. The maximum atomic E-state index is 12.1. The fourth-order valence-electron chi connectivity index (χ4n) is 7.02. The highest BCUT2D eigenvalue weighted by Gasteiger charge is 2.48. The van der Waals surface area contributed by atoms with Gasteiger partial charge in [0.05, 0.1) is 32.3 Å². The summed E-state index contributed by atoms with van der Waals surface area (Å²) < 4.78 is 34.7. The molecule has 7 rings (SSSR count). The number of hydrogen-bond acceptors (Lipinski definition) is 17.